The third-order valence-corrected chi connectivity index (χ3v) is 10.3. The zero-order valence-corrected chi connectivity index (χ0v) is 24.3. The summed E-state index contributed by atoms with van der Waals surface area (Å²) in [6.07, 6.45) is 1.63. The van der Waals surface area contributed by atoms with E-state index in [1.165, 1.54) is 27.8 Å². The van der Waals surface area contributed by atoms with Crippen LogP contribution in [0.3, 0.4) is 0 Å². The zero-order valence-electron chi connectivity index (χ0n) is 22.6. The number of morpholine rings is 1. The molecule has 1 aromatic heterocycles. The Hall–Kier alpha value is -2.64. The number of rotatable bonds is 10. The number of anilines is 1. The Morgan fingerprint density at radius 3 is 2.55 bits per heavy atom. The van der Waals surface area contributed by atoms with E-state index < -0.39 is 15.8 Å². The van der Waals surface area contributed by atoms with Crippen molar-refractivity contribution in [2.24, 2.45) is 5.92 Å². The highest BCUT2D eigenvalue weighted by Crippen LogP contribution is 2.34. The third kappa shape index (κ3) is 6.63. The van der Waals surface area contributed by atoms with Crippen LogP contribution in [0.2, 0.25) is 0 Å². The van der Waals surface area contributed by atoms with Crippen molar-refractivity contribution in [1.29, 1.82) is 0 Å². The van der Waals surface area contributed by atoms with Gasteiger partial charge in [0.05, 0.1) is 34.9 Å². The van der Waals surface area contributed by atoms with Crippen molar-refractivity contribution in [2.75, 3.05) is 64.0 Å². The number of hydrogen-bond acceptors (Lipinski definition) is 8. The van der Waals surface area contributed by atoms with E-state index in [1.54, 1.807) is 4.90 Å². The van der Waals surface area contributed by atoms with E-state index in [0.717, 1.165) is 67.4 Å². The van der Waals surface area contributed by atoms with Crippen molar-refractivity contribution in [3.05, 3.63) is 48.3 Å². The molecule has 1 amide bonds. The van der Waals surface area contributed by atoms with Crippen LogP contribution >= 0.6 is 11.3 Å². The largest absolute Gasteiger partial charge is 0.494 e. The molecule has 0 spiro atoms. The molecule has 12 heteroatoms. The maximum atomic E-state index is 13.9. The second-order valence-corrected chi connectivity index (χ2v) is 12.9. The molecule has 0 N–H and O–H groups in total. The predicted molar refractivity (Wildman–Crippen MR) is 153 cm³/mol. The van der Waals surface area contributed by atoms with Gasteiger partial charge in [-0.3, -0.25) is 14.6 Å². The normalized spacial score (nSPS) is 17.8. The summed E-state index contributed by atoms with van der Waals surface area (Å²) in [5.74, 6) is -0.0509. The number of halogens is 1. The van der Waals surface area contributed by atoms with Crippen LogP contribution in [0.15, 0.2) is 47.4 Å². The van der Waals surface area contributed by atoms with Crippen LogP contribution in [-0.2, 0) is 19.6 Å². The highest BCUT2D eigenvalue weighted by Gasteiger charge is 2.35. The number of thiazole rings is 1. The Labute approximate surface area is 238 Å². The van der Waals surface area contributed by atoms with E-state index in [1.807, 2.05) is 25.1 Å². The summed E-state index contributed by atoms with van der Waals surface area (Å²) in [6, 6.07) is 10.6. The van der Waals surface area contributed by atoms with E-state index in [0.29, 0.717) is 31.1 Å². The Balaban J connectivity index is 1.30. The van der Waals surface area contributed by atoms with Gasteiger partial charge in [-0.2, -0.15) is 4.31 Å². The van der Waals surface area contributed by atoms with E-state index in [4.69, 9.17) is 14.5 Å². The Morgan fingerprint density at radius 1 is 1.12 bits per heavy atom. The van der Waals surface area contributed by atoms with Crippen LogP contribution in [-0.4, -0.2) is 87.6 Å². The number of piperidine rings is 1. The van der Waals surface area contributed by atoms with Gasteiger partial charge < -0.3 is 9.47 Å². The first-order chi connectivity index (χ1) is 19.3. The summed E-state index contributed by atoms with van der Waals surface area (Å²) < 4.78 is 52.9. The molecule has 3 heterocycles. The standard InChI is InChI=1S/C28H35FN4O5S2/c1-2-38-23-6-9-25-26(20-23)39-28(30-25)33(13-3-12-31-16-18-37-19-17-31)27(34)21-10-14-32(15-11-21)40(35,36)24-7-4-22(29)5-8-24/h4-9,20-21H,2-3,10-19H2,1H3. The lowest BCUT2D eigenvalue weighted by atomic mass is 9.96. The lowest BCUT2D eigenvalue weighted by molar-refractivity contribution is -0.123. The summed E-state index contributed by atoms with van der Waals surface area (Å²) in [6.45, 7) is 7.58. The summed E-state index contributed by atoms with van der Waals surface area (Å²) in [5.41, 5.74) is 0.814. The quantitative estimate of drug-likeness (QED) is 0.353. The molecule has 0 bridgehead atoms. The van der Waals surface area contributed by atoms with Gasteiger partial charge in [0.2, 0.25) is 15.9 Å². The lowest BCUT2D eigenvalue weighted by Gasteiger charge is -2.33. The molecule has 3 aromatic rings. The molecule has 0 aliphatic carbocycles. The second kappa shape index (κ2) is 12.9. The van der Waals surface area contributed by atoms with Crippen molar-refractivity contribution >= 4 is 42.6 Å². The maximum absolute atomic E-state index is 13.9. The minimum Gasteiger partial charge on any atom is -0.494 e. The van der Waals surface area contributed by atoms with Crippen LogP contribution in [0.25, 0.3) is 10.2 Å². The van der Waals surface area contributed by atoms with Gasteiger partial charge in [0.1, 0.15) is 11.6 Å². The fourth-order valence-electron chi connectivity index (χ4n) is 5.16. The minimum atomic E-state index is -3.75. The molecule has 0 atom stereocenters. The molecule has 2 saturated heterocycles. The number of amides is 1. The van der Waals surface area contributed by atoms with Gasteiger partial charge in [0, 0.05) is 45.2 Å². The topological polar surface area (TPSA) is 92.3 Å². The summed E-state index contributed by atoms with van der Waals surface area (Å²) >= 11 is 1.47. The smallest absolute Gasteiger partial charge is 0.243 e. The third-order valence-electron chi connectivity index (χ3n) is 7.37. The predicted octanol–water partition coefficient (Wildman–Crippen LogP) is 3.99. The van der Waals surface area contributed by atoms with Gasteiger partial charge in [-0.1, -0.05) is 11.3 Å². The SMILES string of the molecule is CCOc1ccc2nc(N(CCCN3CCOCC3)C(=O)C3CCN(S(=O)(=O)c4ccc(F)cc4)CC3)sc2c1. The summed E-state index contributed by atoms with van der Waals surface area (Å²) in [5, 5.41) is 0.650. The van der Waals surface area contributed by atoms with E-state index in [2.05, 4.69) is 4.90 Å². The first-order valence-corrected chi connectivity index (χ1v) is 16.0. The van der Waals surface area contributed by atoms with Gasteiger partial charge >= 0.3 is 0 Å². The van der Waals surface area contributed by atoms with E-state index in [-0.39, 0.29) is 29.8 Å². The van der Waals surface area contributed by atoms with Gasteiger partial charge in [-0.25, -0.2) is 17.8 Å². The number of aromatic nitrogens is 1. The molecule has 0 unspecified atom stereocenters. The maximum Gasteiger partial charge on any atom is 0.243 e. The zero-order chi connectivity index (χ0) is 28.1. The monoisotopic (exact) mass is 590 g/mol. The second-order valence-electron chi connectivity index (χ2n) is 9.99. The molecular weight excluding hydrogens is 555 g/mol. The number of hydrogen-bond donors (Lipinski definition) is 0. The number of sulfonamides is 1. The number of carbonyl (C=O) groups excluding carboxylic acids is 1. The molecule has 2 aromatic carbocycles. The molecule has 216 valence electrons. The first kappa shape index (κ1) is 28.9. The van der Waals surface area contributed by atoms with E-state index >= 15 is 0 Å². The number of fused-ring (bicyclic) bond motifs is 1. The van der Waals surface area contributed by atoms with Gasteiger partial charge in [-0.15, -0.1) is 0 Å². The highest BCUT2D eigenvalue weighted by atomic mass is 32.2. The van der Waals surface area contributed by atoms with Crippen LogP contribution in [0.4, 0.5) is 9.52 Å². The molecule has 2 aliphatic rings. The van der Waals surface area contributed by atoms with Crippen molar-refractivity contribution < 1.29 is 27.1 Å². The summed E-state index contributed by atoms with van der Waals surface area (Å²) in [4.78, 5) is 22.9. The Bertz CT molecular complexity index is 1400. The minimum absolute atomic E-state index is 0.0232. The highest BCUT2D eigenvalue weighted by molar-refractivity contribution is 7.89. The van der Waals surface area contributed by atoms with Gasteiger partial charge in [0.15, 0.2) is 5.13 Å². The Kier molecular flexibility index (Phi) is 9.31. The van der Waals surface area contributed by atoms with Crippen LogP contribution in [0, 0.1) is 11.7 Å². The lowest BCUT2D eigenvalue weighted by Crippen LogP contribution is -2.45. The fraction of sp³-hybridized carbons (Fsp3) is 0.500. The molecule has 0 radical (unpaired) electrons. The van der Waals surface area contributed by atoms with Gasteiger partial charge in [0.25, 0.3) is 0 Å². The molecule has 2 fully saturated rings. The van der Waals surface area contributed by atoms with Crippen molar-refractivity contribution in [3.63, 3.8) is 0 Å². The van der Waals surface area contributed by atoms with Crippen molar-refractivity contribution in [2.45, 2.75) is 31.1 Å². The summed E-state index contributed by atoms with van der Waals surface area (Å²) in [7, 11) is -3.75. The number of carbonyl (C=O) groups is 1. The van der Waals surface area contributed by atoms with E-state index in [9.17, 15) is 17.6 Å². The Morgan fingerprint density at radius 2 is 1.85 bits per heavy atom. The average Bonchev–Trinajstić information content (AvgIpc) is 3.39. The molecule has 5 rings (SSSR count). The molecule has 40 heavy (non-hydrogen) atoms. The molecular formula is C28H35FN4O5S2. The molecule has 2 aliphatic heterocycles. The van der Waals surface area contributed by atoms with Crippen LogP contribution < -0.4 is 9.64 Å². The molecule has 0 saturated carbocycles. The number of benzene rings is 2. The fourth-order valence-corrected chi connectivity index (χ4v) is 7.66. The molecule has 9 nitrogen and oxygen atoms in total. The van der Waals surface area contributed by atoms with Crippen molar-refractivity contribution in [3.8, 4) is 5.75 Å². The van der Waals surface area contributed by atoms with Crippen LogP contribution in [0.1, 0.15) is 26.2 Å². The van der Waals surface area contributed by atoms with Gasteiger partial charge in [-0.05, 0) is 68.7 Å². The van der Waals surface area contributed by atoms with Crippen molar-refractivity contribution in [1.82, 2.24) is 14.2 Å². The van der Waals surface area contributed by atoms with Crippen LogP contribution in [0.5, 0.6) is 5.75 Å². The first-order valence-electron chi connectivity index (χ1n) is 13.8. The number of nitrogens with zero attached hydrogens (tertiary/aromatic N) is 4. The average molecular weight is 591 g/mol. The number of ether oxygens (including phenoxy) is 2.